The van der Waals surface area contributed by atoms with Crippen molar-refractivity contribution in [1.29, 1.82) is 0 Å². The molecule has 0 aliphatic heterocycles. The normalized spacial score (nSPS) is 11.2. The summed E-state index contributed by atoms with van der Waals surface area (Å²) in [6.07, 6.45) is 0. The van der Waals surface area contributed by atoms with Crippen molar-refractivity contribution < 1.29 is 13.6 Å². The lowest BCUT2D eigenvalue weighted by Crippen LogP contribution is -2.12. The zero-order valence-corrected chi connectivity index (χ0v) is 10.2. The molecule has 0 saturated heterocycles. The SMILES string of the molecule is CC(F)(F)c1ccc(NC(=O)CI)cc1. The van der Waals surface area contributed by atoms with Gasteiger partial charge in [0.25, 0.3) is 5.92 Å². The summed E-state index contributed by atoms with van der Waals surface area (Å²) in [7, 11) is 0. The summed E-state index contributed by atoms with van der Waals surface area (Å²) in [6, 6.07) is 5.56. The van der Waals surface area contributed by atoms with E-state index in [1.165, 1.54) is 24.3 Å². The van der Waals surface area contributed by atoms with Gasteiger partial charge in [-0.3, -0.25) is 4.79 Å². The number of anilines is 1. The van der Waals surface area contributed by atoms with Gasteiger partial charge in [-0.15, -0.1) is 0 Å². The van der Waals surface area contributed by atoms with Crippen molar-refractivity contribution in [2.75, 3.05) is 9.74 Å². The van der Waals surface area contributed by atoms with Crippen molar-refractivity contribution in [2.24, 2.45) is 0 Å². The van der Waals surface area contributed by atoms with Gasteiger partial charge in [0.2, 0.25) is 5.91 Å². The highest BCUT2D eigenvalue weighted by Gasteiger charge is 2.23. The Morgan fingerprint density at radius 2 is 1.93 bits per heavy atom. The molecule has 0 aromatic heterocycles. The maximum Gasteiger partial charge on any atom is 0.270 e. The predicted octanol–water partition coefficient (Wildman–Crippen LogP) is 3.17. The second kappa shape index (κ2) is 4.87. The van der Waals surface area contributed by atoms with Gasteiger partial charge in [-0.05, 0) is 12.1 Å². The van der Waals surface area contributed by atoms with Crippen molar-refractivity contribution in [3.63, 3.8) is 0 Å². The van der Waals surface area contributed by atoms with E-state index < -0.39 is 5.92 Å². The summed E-state index contributed by atoms with van der Waals surface area (Å²) in [5, 5.41) is 2.58. The molecule has 0 spiro atoms. The van der Waals surface area contributed by atoms with Crippen LogP contribution in [0.5, 0.6) is 0 Å². The van der Waals surface area contributed by atoms with Gasteiger partial charge >= 0.3 is 0 Å². The molecule has 0 fully saturated rings. The molecular formula is C10H10F2INO. The predicted molar refractivity (Wildman–Crippen MR) is 63.5 cm³/mol. The molecule has 5 heteroatoms. The summed E-state index contributed by atoms with van der Waals surface area (Å²) in [5.41, 5.74) is 0.472. The minimum absolute atomic E-state index is 0.0602. The van der Waals surface area contributed by atoms with E-state index in [0.29, 0.717) is 10.1 Å². The minimum Gasteiger partial charge on any atom is -0.325 e. The number of hydrogen-bond acceptors (Lipinski definition) is 1. The molecule has 1 amide bonds. The molecule has 1 aromatic carbocycles. The quantitative estimate of drug-likeness (QED) is 0.671. The number of alkyl halides is 3. The topological polar surface area (TPSA) is 29.1 Å². The van der Waals surface area contributed by atoms with Gasteiger partial charge in [-0.2, -0.15) is 0 Å². The molecule has 2 nitrogen and oxygen atoms in total. The van der Waals surface area contributed by atoms with Crippen LogP contribution in [0.4, 0.5) is 14.5 Å². The highest BCUT2D eigenvalue weighted by molar-refractivity contribution is 14.1. The molecular weight excluding hydrogens is 315 g/mol. The number of nitrogens with one attached hydrogen (secondary N) is 1. The van der Waals surface area contributed by atoms with Gasteiger partial charge in [0.05, 0.1) is 4.43 Å². The van der Waals surface area contributed by atoms with Crippen LogP contribution in [0.3, 0.4) is 0 Å². The molecule has 1 rings (SSSR count). The Kier molecular flexibility index (Phi) is 4.01. The van der Waals surface area contributed by atoms with E-state index in [2.05, 4.69) is 5.32 Å². The van der Waals surface area contributed by atoms with E-state index in [9.17, 15) is 13.6 Å². The van der Waals surface area contributed by atoms with Gasteiger partial charge in [0, 0.05) is 18.2 Å². The average molecular weight is 325 g/mol. The molecule has 0 radical (unpaired) electrons. The molecule has 82 valence electrons. The molecule has 0 atom stereocenters. The zero-order chi connectivity index (χ0) is 11.5. The number of carbonyl (C=O) groups is 1. The zero-order valence-electron chi connectivity index (χ0n) is 8.06. The van der Waals surface area contributed by atoms with Crippen LogP contribution in [0.15, 0.2) is 24.3 Å². The van der Waals surface area contributed by atoms with Crippen molar-refractivity contribution >= 4 is 34.2 Å². The van der Waals surface area contributed by atoms with E-state index in [1.54, 1.807) is 0 Å². The number of hydrogen-bond donors (Lipinski definition) is 1. The van der Waals surface area contributed by atoms with Crippen molar-refractivity contribution in [3.8, 4) is 0 Å². The van der Waals surface area contributed by atoms with Crippen molar-refractivity contribution in [3.05, 3.63) is 29.8 Å². The first-order valence-corrected chi connectivity index (χ1v) is 5.80. The fraction of sp³-hybridized carbons (Fsp3) is 0.300. The minimum atomic E-state index is -2.84. The summed E-state index contributed by atoms with van der Waals surface area (Å²) in [4.78, 5) is 11.0. The summed E-state index contributed by atoms with van der Waals surface area (Å²) in [6.45, 7) is 0.839. The fourth-order valence-corrected chi connectivity index (χ4v) is 1.23. The van der Waals surface area contributed by atoms with Crippen molar-refractivity contribution in [2.45, 2.75) is 12.8 Å². The van der Waals surface area contributed by atoms with Crippen LogP contribution in [0.1, 0.15) is 12.5 Å². The fourth-order valence-electron chi connectivity index (χ4n) is 1.04. The number of amides is 1. The van der Waals surface area contributed by atoms with Gasteiger partial charge in [-0.25, -0.2) is 8.78 Å². The van der Waals surface area contributed by atoms with Crippen LogP contribution >= 0.6 is 22.6 Å². The van der Waals surface area contributed by atoms with Crippen molar-refractivity contribution in [1.82, 2.24) is 0 Å². The smallest absolute Gasteiger partial charge is 0.270 e. The maximum absolute atomic E-state index is 12.8. The van der Waals surface area contributed by atoms with Crippen LogP contribution in [-0.4, -0.2) is 10.3 Å². The Bertz CT molecular complexity index is 345. The molecule has 0 aliphatic carbocycles. The van der Waals surface area contributed by atoms with E-state index >= 15 is 0 Å². The molecule has 0 saturated carbocycles. The summed E-state index contributed by atoms with van der Waals surface area (Å²) < 4.78 is 26.0. The summed E-state index contributed by atoms with van der Waals surface area (Å²) >= 11 is 1.93. The molecule has 15 heavy (non-hydrogen) atoms. The second-order valence-electron chi connectivity index (χ2n) is 3.15. The van der Waals surface area contributed by atoms with E-state index in [-0.39, 0.29) is 11.5 Å². The third-order valence-corrected chi connectivity index (χ3v) is 2.49. The maximum atomic E-state index is 12.8. The molecule has 0 bridgehead atoms. The van der Waals surface area contributed by atoms with E-state index in [1.807, 2.05) is 22.6 Å². The first kappa shape index (κ1) is 12.4. The third-order valence-electron chi connectivity index (χ3n) is 1.80. The number of benzene rings is 1. The largest absolute Gasteiger partial charge is 0.325 e. The second-order valence-corrected chi connectivity index (χ2v) is 3.91. The van der Waals surface area contributed by atoms with Gasteiger partial charge < -0.3 is 5.32 Å². The Morgan fingerprint density at radius 1 is 1.40 bits per heavy atom. The lowest BCUT2D eigenvalue weighted by atomic mass is 10.1. The number of halogens is 3. The van der Waals surface area contributed by atoms with Gasteiger partial charge in [-0.1, -0.05) is 34.7 Å². The van der Waals surface area contributed by atoms with Gasteiger partial charge in [0.15, 0.2) is 0 Å². The Labute approximate surface area is 100 Å². The molecule has 0 heterocycles. The van der Waals surface area contributed by atoms with Crippen LogP contribution in [0, 0.1) is 0 Å². The molecule has 1 N–H and O–H groups in total. The van der Waals surface area contributed by atoms with E-state index in [4.69, 9.17) is 0 Å². The first-order chi connectivity index (χ1) is 6.93. The average Bonchev–Trinajstić information content (AvgIpc) is 2.17. The monoisotopic (exact) mass is 325 g/mol. The highest BCUT2D eigenvalue weighted by Crippen LogP contribution is 2.27. The highest BCUT2D eigenvalue weighted by atomic mass is 127. The standard InChI is InChI=1S/C10H10F2INO/c1-10(11,12)7-2-4-8(5-3-7)14-9(15)6-13/h2-5H,6H2,1H3,(H,14,15). The Balaban J connectivity index is 2.77. The van der Waals surface area contributed by atoms with Crippen LogP contribution in [0.2, 0.25) is 0 Å². The molecule has 0 unspecified atom stereocenters. The molecule has 0 aliphatic rings. The van der Waals surface area contributed by atoms with Crippen LogP contribution in [0.25, 0.3) is 0 Å². The number of carbonyl (C=O) groups excluding carboxylic acids is 1. The summed E-state index contributed by atoms with van der Waals surface area (Å²) in [5.74, 6) is -2.99. The lowest BCUT2D eigenvalue weighted by molar-refractivity contribution is -0.113. The van der Waals surface area contributed by atoms with E-state index in [0.717, 1.165) is 6.92 Å². The molecule has 1 aromatic rings. The lowest BCUT2D eigenvalue weighted by Gasteiger charge is -2.11. The first-order valence-electron chi connectivity index (χ1n) is 4.27. The van der Waals surface area contributed by atoms with Gasteiger partial charge in [0.1, 0.15) is 0 Å². The van der Waals surface area contributed by atoms with Crippen LogP contribution in [-0.2, 0) is 10.7 Å². The third kappa shape index (κ3) is 3.73. The van der Waals surface area contributed by atoms with Crippen LogP contribution < -0.4 is 5.32 Å². The Morgan fingerprint density at radius 3 is 2.33 bits per heavy atom. The Hall–Kier alpha value is -0.720. The number of rotatable bonds is 3.